The lowest BCUT2D eigenvalue weighted by molar-refractivity contribution is 0.287. The van der Waals surface area contributed by atoms with Gasteiger partial charge in [-0.3, -0.25) is 0 Å². The normalized spacial score (nSPS) is 23.3. The molecule has 2 unspecified atom stereocenters. The van der Waals surface area contributed by atoms with Crippen molar-refractivity contribution in [2.24, 2.45) is 0 Å². The summed E-state index contributed by atoms with van der Waals surface area (Å²) in [5, 5.41) is 6.85. The summed E-state index contributed by atoms with van der Waals surface area (Å²) < 4.78 is 1.53. The van der Waals surface area contributed by atoms with Gasteiger partial charge in [0, 0.05) is 17.3 Å². The van der Waals surface area contributed by atoms with Crippen molar-refractivity contribution in [3.05, 3.63) is 17.0 Å². The van der Waals surface area contributed by atoms with Gasteiger partial charge in [0.1, 0.15) is 0 Å². The van der Waals surface area contributed by atoms with Crippen LogP contribution in [0.25, 0.3) is 0 Å². The molecular formula is C17H30N2S2. The van der Waals surface area contributed by atoms with Crippen molar-refractivity contribution in [3.8, 4) is 0 Å². The van der Waals surface area contributed by atoms with Crippen LogP contribution in [0.15, 0.2) is 15.7 Å². The van der Waals surface area contributed by atoms with Crippen LogP contribution < -0.4 is 5.32 Å². The van der Waals surface area contributed by atoms with E-state index in [0.717, 1.165) is 5.25 Å². The van der Waals surface area contributed by atoms with Crippen LogP contribution in [-0.2, 0) is 0 Å². The monoisotopic (exact) mass is 326 g/mol. The Labute approximate surface area is 138 Å². The lowest BCUT2D eigenvalue weighted by Crippen LogP contribution is -2.34. The van der Waals surface area contributed by atoms with Gasteiger partial charge in [-0.25, -0.2) is 0 Å². The summed E-state index contributed by atoms with van der Waals surface area (Å²) in [4.78, 5) is 2.52. The smallest absolute Gasteiger partial charge is 0.0649 e. The number of thioether (sulfide) groups is 1. The predicted octanol–water partition coefficient (Wildman–Crippen LogP) is 4.77. The fourth-order valence-electron chi connectivity index (χ4n) is 3.09. The van der Waals surface area contributed by atoms with E-state index in [0.29, 0.717) is 12.1 Å². The molecule has 1 N–H and O–H groups in total. The van der Waals surface area contributed by atoms with Gasteiger partial charge in [-0.1, -0.05) is 20.8 Å². The zero-order valence-corrected chi connectivity index (χ0v) is 15.5. The molecule has 0 saturated carbocycles. The minimum Gasteiger partial charge on any atom is -0.307 e. The van der Waals surface area contributed by atoms with E-state index >= 15 is 0 Å². The molecule has 1 aromatic heterocycles. The maximum absolute atomic E-state index is 3.88. The standard InChI is InChI=1S/C17H30N2S2/c1-5-19(6-2)10-7-8-13(3)18-16-12-14(4)21-17-15(16)9-11-20-17/h9,11,13-14,16,18H,5-8,10,12H2,1-4H3/t13?,14-,16?/m0/s1. The second kappa shape index (κ2) is 8.56. The van der Waals surface area contributed by atoms with E-state index in [9.17, 15) is 0 Å². The van der Waals surface area contributed by atoms with Crippen LogP contribution in [0.5, 0.6) is 0 Å². The van der Waals surface area contributed by atoms with Gasteiger partial charge in [0.2, 0.25) is 0 Å². The molecule has 3 atom stereocenters. The van der Waals surface area contributed by atoms with Crippen molar-refractivity contribution in [2.75, 3.05) is 19.6 Å². The van der Waals surface area contributed by atoms with Gasteiger partial charge in [0.15, 0.2) is 0 Å². The van der Waals surface area contributed by atoms with Gasteiger partial charge in [-0.2, -0.15) is 0 Å². The highest BCUT2D eigenvalue weighted by molar-refractivity contribution is 8.01. The Balaban J connectivity index is 1.79. The van der Waals surface area contributed by atoms with Crippen LogP contribution in [0.1, 0.15) is 58.6 Å². The molecule has 2 nitrogen and oxygen atoms in total. The van der Waals surface area contributed by atoms with E-state index in [2.05, 4.69) is 49.4 Å². The van der Waals surface area contributed by atoms with E-state index < -0.39 is 0 Å². The maximum atomic E-state index is 3.88. The Morgan fingerprint density at radius 3 is 2.86 bits per heavy atom. The van der Waals surface area contributed by atoms with Gasteiger partial charge in [-0.05, 0) is 62.8 Å². The molecule has 0 spiro atoms. The van der Waals surface area contributed by atoms with Crippen LogP contribution in [-0.4, -0.2) is 35.8 Å². The first-order valence-electron chi connectivity index (χ1n) is 8.36. The first-order chi connectivity index (χ1) is 10.1. The fourth-order valence-corrected chi connectivity index (χ4v) is 5.66. The molecule has 0 fully saturated rings. The Bertz CT molecular complexity index is 415. The van der Waals surface area contributed by atoms with E-state index in [1.807, 2.05) is 23.1 Å². The minimum atomic E-state index is 0.561. The van der Waals surface area contributed by atoms with Gasteiger partial charge in [0.05, 0.1) is 4.21 Å². The van der Waals surface area contributed by atoms with Crippen molar-refractivity contribution in [1.82, 2.24) is 10.2 Å². The first kappa shape index (κ1) is 17.3. The number of hydrogen-bond donors (Lipinski definition) is 1. The molecule has 0 aliphatic carbocycles. The molecule has 4 heteroatoms. The SMILES string of the molecule is CCN(CC)CCCC(C)NC1C[C@H](C)Sc2sccc21. The van der Waals surface area contributed by atoms with Gasteiger partial charge >= 0.3 is 0 Å². The Morgan fingerprint density at radius 1 is 1.38 bits per heavy atom. The molecule has 1 aliphatic rings. The van der Waals surface area contributed by atoms with Crippen molar-refractivity contribution >= 4 is 23.1 Å². The number of nitrogens with one attached hydrogen (secondary N) is 1. The van der Waals surface area contributed by atoms with Crippen LogP contribution in [0.4, 0.5) is 0 Å². The number of nitrogens with zero attached hydrogens (tertiary/aromatic N) is 1. The van der Waals surface area contributed by atoms with E-state index in [1.165, 1.54) is 43.1 Å². The molecule has 21 heavy (non-hydrogen) atoms. The minimum absolute atomic E-state index is 0.561. The van der Waals surface area contributed by atoms with Crippen LogP contribution in [0, 0.1) is 0 Å². The van der Waals surface area contributed by atoms with E-state index in [4.69, 9.17) is 0 Å². The van der Waals surface area contributed by atoms with Gasteiger partial charge in [0.25, 0.3) is 0 Å². The highest BCUT2D eigenvalue weighted by Crippen LogP contribution is 2.43. The molecule has 0 bridgehead atoms. The number of thiophene rings is 1. The molecule has 0 aromatic carbocycles. The lowest BCUT2D eigenvalue weighted by atomic mass is 10.0. The third kappa shape index (κ3) is 4.98. The molecule has 2 rings (SSSR count). The van der Waals surface area contributed by atoms with Crippen molar-refractivity contribution in [2.45, 2.75) is 68.5 Å². The average molecular weight is 327 g/mol. The molecule has 0 radical (unpaired) electrons. The average Bonchev–Trinajstić information content (AvgIpc) is 2.92. The van der Waals surface area contributed by atoms with E-state index in [1.54, 1.807) is 5.56 Å². The van der Waals surface area contributed by atoms with Crippen LogP contribution >= 0.6 is 23.1 Å². The molecule has 0 amide bonds. The molecule has 0 saturated heterocycles. The number of hydrogen-bond acceptors (Lipinski definition) is 4. The third-order valence-corrected chi connectivity index (χ3v) is 6.75. The van der Waals surface area contributed by atoms with Crippen molar-refractivity contribution in [1.29, 1.82) is 0 Å². The summed E-state index contributed by atoms with van der Waals surface area (Å²) in [5.41, 5.74) is 1.54. The molecule has 1 aromatic rings. The topological polar surface area (TPSA) is 15.3 Å². The largest absolute Gasteiger partial charge is 0.307 e. The molecule has 1 aliphatic heterocycles. The zero-order valence-electron chi connectivity index (χ0n) is 13.9. The summed E-state index contributed by atoms with van der Waals surface area (Å²) in [7, 11) is 0. The number of fused-ring (bicyclic) bond motifs is 1. The zero-order chi connectivity index (χ0) is 15.2. The predicted molar refractivity (Wildman–Crippen MR) is 96.6 cm³/mol. The van der Waals surface area contributed by atoms with Gasteiger partial charge < -0.3 is 10.2 Å². The summed E-state index contributed by atoms with van der Waals surface area (Å²) in [6, 6.07) is 3.48. The summed E-state index contributed by atoms with van der Waals surface area (Å²) in [6.45, 7) is 12.8. The van der Waals surface area contributed by atoms with Crippen LogP contribution in [0.2, 0.25) is 0 Å². The highest BCUT2D eigenvalue weighted by atomic mass is 32.2. The summed E-state index contributed by atoms with van der Waals surface area (Å²) in [5.74, 6) is 0. The van der Waals surface area contributed by atoms with Crippen LogP contribution in [0.3, 0.4) is 0 Å². The van der Waals surface area contributed by atoms with Crippen molar-refractivity contribution < 1.29 is 0 Å². The second-order valence-corrected chi connectivity index (χ2v) is 8.74. The third-order valence-electron chi connectivity index (χ3n) is 4.40. The highest BCUT2D eigenvalue weighted by Gasteiger charge is 2.26. The second-order valence-electron chi connectivity index (χ2n) is 6.12. The Hall–Kier alpha value is -0.0300. The maximum Gasteiger partial charge on any atom is 0.0649 e. The van der Waals surface area contributed by atoms with Crippen molar-refractivity contribution in [3.63, 3.8) is 0 Å². The summed E-state index contributed by atoms with van der Waals surface area (Å²) >= 11 is 3.95. The molecule has 120 valence electrons. The number of rotatable bonds is 8. The summed E-state index contributed by atoms with van der Waals surface area (Å²) in [6.07, 6.45) is 3.83. The first-order valence-corrected chi connectivity index (χ1v) is 10.1. The Kier molecular flexibility index (Phi) is 7.06. The van der Waals surface area contributed by atoms with E-state index in [-0.39, 0.29) is 0 Å². The fraction of sp³-hybridized carbons (Fsp3) is 0.765. The Morgan fingerprint density at radius 2 is 2.14 bits per heavy atom. The quantitative estimate of drug-likeness (QED) is 0.740. The molecular weight excluding hydrogens is 296 g/mol. The lowest BCUT2D eigenvalue weighted by Gasteiger charge is -2.30. The molecule has 2 heterocycles. The van der Waals surface area contributed by atoms with Gasteiger partial charge in [-0.15, -0.1) is 23.1 Å².